The third-order valence-electron chi connectivity index (χ3n) is 7.61. The number of rotatable bonds is 7. The van der Waals surface area contributed by atoms with E-state index in [1.165, 1.54) is 24.3 Å². The van der Waals surface area contributed by atoms with E-state index in [2.05, 4.69) is 10.6 Å². The Hall–Kier alpha value is -4.09. The molecule has 2 atom stereocenters. The number of carboxylic acids is 1. The van der Waals surface area contributed by atoms with E-state index in [0.29, 0.717) is 12.0 Å². The van der Waals surface area contributed by atoms with E-state index in [1.807, 2.05) is 19.1 Å². The molecule has 0 aromatic heterocycles. The van der Waals surface area contributed by atoms with Gasteiger partial charge in [-0.3, -0.25) is 9.59 Å². The minimum atomic E-state index is -4.00. The average Bonchev–Trinajstić information content (AvgIpc) is 2.94. The lowest BCUT2D eigenvalue weighted by atomic mass is 9.85. The zero-order chi connectivity index (χ0) is 29.3. The van der Waals surface area contributed by atoms with E-state index >= 15 is 0 Å². The first-order valence-electron chi connectivity index (χ1n) is 13.4. The number of hydrogen-bond acceptors (Lipinski definition) is 5. The zero-order valence-electron chi connectivity index (χ0n) is 22.4. The lowest BCUT2D eigenvalue weighted by Gasteiger charge is -2.34. The molecule has 0 saturated carbocycles. The van der Waals surface area contributed by atoms with Gasteiger partial charge in [-0.1, -0.05) is 42.0 Å². The molecule has 2 amide bonds. The number of amides is 2. The van der Waals surface area contributed by atoms with Crippen LogP contribution in [0.4, 0.5) is 4.39 Å². The van der Waals surface area contributed by atoms with Crippen molar-refractivity contribution in [2.24, 2.45) is 0 Å². The van der Waals surface area contributed by atoms with Gasteiger partial charge in [-0.2, -0.15) is 4.31 Å². The molecule has 1 aliphatic heterocycles. The second-order valence-corrected chi connectivity index (χ2v) is 12.3. The number of piperazine rings is 1. The molecule has 0 bridgehead atoms. The number of carboxylic acid groups (broad SMARTS) is 1. The fourth-order valence-electron chi connectivity index (χ4n) is 5.46. The summed E-state index contributed by atoms with van der Waals surface area (Å²) in [4.78, 5) is 37.2. The van der Waals surface area contributed by atoms with Crippen molar-refractivity contribution in [1.82, 2.24) is 14.9 Å². The van der Waals surface area contributed by atoms with Gasteiger partial charge >= 0.3 is 5.97 Å². The Balaban J connectivity index is 1.33. The first-order valence-corrected chi connectivity index (χ1v) is 14.8. The van der Waals surface area contributed by atoms with Crippen molar-refractivity contribution in [3.05, 3.63) is 88.7 Å². The first-order chi connectivity index (χ1) is 19.5. The molecule has 1 heterocycles. The molecule has 5 rings (SSSR count). The maximum absolute atomic E-state index is 14.3. The molecular formula is C30H30FN3O6S. The Kier molecular flexibility index (Phi) is 7.92. The monoisotopic (exact) mass is 579 g/mol. The summed E-state index contributed by atoms with van der Waals surface area (Å²) in [5, 5.41) is 14.7. The molecule has 214 valence electrons. The van der Waals surface area contributed by atoms with Gasteiger partial charge in [-0.25, -0.2) is 17.6 Å². The summed E-state index contributed by atoms with van der Waals surface area (Å²) in [6.07, 6.45) is 1.88. The molecule has 1 fully saturated rings. The Bertz CT molecular complexity index is 1620. The quantitative estimate of drug-likeness (QED) is 0.392. The number of hydrogen-bond donors (Lipinski definition) is 3. The van der Waals surface area contributed by atoms with E-state index in [1.54, 1.807) is 24.3 Å². The van der Waals surface area contributed by atoms with Crippen molar-refractivity contribution in [1.29, 1.82) is 0 Å². The summed E-state index contributed by atoms with van der Waals surface area (Å²) in [7, 11) is -4.00. The second-order valence-electron chi connectivity index (χ2n) is 10.4. The minimum Gasteiger partial charge on any atom is -0.478 e. The number of halogens is 1. The lowest BCUT2D eigenvalue weighted by Crippen LogP contribution is -2.58. The van der Waals surface area contributed by atoms with Crippen LogP contribution < -0.4 is 10.6 Å². The largest absolute Gasteiger partial charge is 0.478 e. The van der Waals surface area contributed by atoms with Crippen LogP contribution >= 0.6 is 0 Å². The van der Waals surface area contributed by atoms with Gasteiger partial charge in [0.15, 0.2) is 0 Å². The molecule has 0 spiro atoms. The van der Waals surface area contributed by atoms with Crippen molar-refractivity contribution in [2.75, 3.05) is 13.1 Å². The molecule has 1 aliphatic carbocycles. The third-order valence-corrected chi connectivity index (χ3v) is 9.54. The van der Waals surface area contributed by atoms with Crippen molar-refractivity contribution >= 4 is 27.8 Å². The smallest absolute Gasteiger partial charge is 0.338 e. The van der Waals surface area contributed by atoms with Gasteiger partial charge in [0.25, 0.3) is 0 Å². The van der Waals surface area contributed by atoms with Crippen LogP contribution in [0.5, 0.6) is 0 Å². The van der Waals surface area contributed by atoms with Crippen LogP contribution in [-0.4, -0.2) is 54.7 Å². The van der Waals surface area contributed by atoms with E-state index in [4.69, 9.17) is 5.11 Å². The predicted octanol–water partition coefficient (Wildman–Crippen LogP) is 3.57. The summed E-state index contributed by atoms with van der Waals surface area (Å²) < 4.78 is 42.1. The lowest BCUT2D eigenvalue weighted by molar-refractivity contribution is -0.132. The van der Waals surface area contributed by atoms with Crippen molar-refractivity contribution in [3.8, 4) is 11.1 Å². The van der Waals surface area contributed by atoms with Gasteiger partial charge in [0.2, 0.25) is 21.8 Å². The van der Waals surface area contributed by atoms with Gasteiger partial charge in [0, 0.05) is 13.1 Å². The van der Waals surface area contributed by atoms with Gasteiger partial charge < -0.3 is 15.7 Å². The van der Waals surface area contributed by atoms with E-state index in [-0.39, 0.29) is 30.4 Å². The van der Waals surface area contributed by atoms with Crippen LogP contribution in [0.3, 0.4) is 0 Å². The number of nitrogens with one attached hydrogen (secondary N) is 2. The van der Waals surface area contributed by atoms with Crippen LogP contribution in [-0.2, 0) is 26.0 Å². The van der Waals surface area contributed by atoms with Crippen molar-refractivity contribution in [3.63, 3.8) is 0 Å². The van der Waals surface area contributed by atoms with E-state index in [9.17, 15) is 27.2 Å². The second kappa shape index (κ2) is 11.4. The fourth-order valence-corrected chi connectivity index (χ4v) is 7.05. The number of aromatic carboxylic acids is 1. The van der Waals surface area contributed by atoms with Crippen LogP contribution in [0.25, 0.3) is 11.1 Å². The highest BCUT2D eigenvalue weighted by atomic mass is 32.2. The Morgan fingerprint density at radius 1 is 1.07 bits per heavy atom. The van der Waals surface area contributed by atoms with Crippen LogP contribution in [0.1, 0.15) is 52.4 Å². The van der Waals surface area contributed by atoms with Gasteiger partial charge in [-0.05, 0) is 72.7 Å². The van der Waals surface area contributed by atoms with Crippen LogP contribution in [0, 0.1) is 12.7 Å². The van der Waals surface area contributed by atoms with Crippen LogP contribution in [0.15, 0.2) is 65.6 Å². The van der Waals surface area contributed by atoms with Crippen LogP contribution in [0.2, 0.25) is 0 Å². The number of fused-ring (bicyclic) bond motifs is 1. The standard InChI is InChI=1S/C30H30FN3O6S/c1-18-5-9-22(10-6-18)41(39,40)34-14-13-32-29(36)27(34)17-28(35)33-26-4-2-3-21-15-19(7-11-23(21)26)20-8-12-24(30(37)38)25(31)16-20/h5-12,15-16,26-27H,2-4,13-14,17H2,1H3,(H,32,36)(H,33,35)(H,37,38)/t26-,27-/m1/s1. The number of sulfonamides is 1. The minimum absolute atomic E-state index is 0.0585. The fraction of sp³-hybridized carbons (Fsp3) is 0.300. The topological polar surface area (TPSA) is 133 Å². The summed E-state index contributed by atoms with van der Waals surface area (Å²) in [5.41, 5.74) is 3.64. The normalized spacial score (nSPS) is 19.2. The molecule has 0 radical (unpaired) electrons. The molecule has 11 heteroatoms. The predicted molar refractivity (Wildman–Crippen MR) is 149 cm³/mol. The molecule has 0 unspecified atom stereocenters. The van der Waals surface area contributed by atoms with Crippen molar-refractivity contribution in [2.45, 2.75) is 49.6 Å². The highest BCUT2D eigenvalue weighted by Gasteiger charge is 2.40. The molecule has 3 N–H and O–H groups in total. The highest BCUT2D eigenvalue weighted by Crippen LogP contribution is 2.34. The summed E-state index contributed by atoms with van der Waals surface area (Å²) in [6, 6.07) is 14.4. The van der Waals surface area contributed by atoms with E-state index in [0.717, 1.165) is 39.4 Å². The van der Waals surface area contributed by atoms with Gasteiger partial charge in [-0.15, -0.1) is 0 Å². The SMILES string of the molecule is Cc1ccc(S(=O)(=O)N2CCNC(=O)[C@H]2CC(=O)N[C@@H]2CCCc3cc(-c4ccc(C(=O)O)c(F)c4)ccc32)cc1. The zero-order valence-corrected chi connectivity index (χ0v) is 23.2. The number of aryl methyl sites for hydroxylation is 2. The summed E-state index contributed by atoms with van der Waals surface area (Å²) >= 11 is 0. The third kappa shape index (κ3) is 5.86. The Morgan fingerprint density at radius 2 is 1.78 bits per heavy atom. The van der Waals surface area contributed by atoms with Gasteiger partial charge in [0.1, 0.15) is 11.9 Å². The average molecular weight is 580 g/mol. The number of nitrogens with zero attached hydrogens (tertiary/aromatic N) is 1. The van der Waals surface area contributed by atoms with E-state index < -0.39 is 45.2 Å². The summed E-state index contributed by atoms with van der Waals surface area (Å²) in [5.74, 6) is -3.11. The number of benzene rings is 3. The maximum Gasteiger partial charge on any atom is 0.338 e. The molecule has 2 aliphatic rings. The molecule has 3 aromatic rings. The Morgan fingerprint density at radius 3 is 2.49 bits per heavy atom. The molecule has 9 nitrogen and oxygen atoms in total. The first kappa shape index (κ1) is 28.4. The molecule has 41 heavy (non-hydrogen) atoms. The van der Waals surface area contributed by atoms with Crippen molar-refractivity contribution < 1.29 is 32.3 Å². The molecule has 3 aromatic carbocycles. The highest BCUT2D eigenvalue weighted by molar-refractivity contribution is 7.89. The maximum atomic E-state index is 14.3. The molecule has 1 saturated heterocycles. The molecular weight excluding hydrogens is 549 g/mol. The number of carbonyl (C=O) groups is 3. The number of carbonyl (C=O) groups excluding carboxylic acids is 2. The Labute approximate surface area is 237 Å². The summed E-state index contributed by atoms with van der Waals surface area (Å²) in [6.45, 7) is 2.06. The van der Waals surface area contributed by atoms with Gasteiger partial charge in [0.05, 0.1) is 22.9 Å².